The van der Waals surface area contributed by atoms with Crippen LogP contribution in [0.2, 0.25) is 0 Å². The SMILES string of the molecule is CC(C)CC(NC(=O)C(CNC(=O)OCC1c2ccccc2-c2ccccc21)CC1CC1)C(=O)O. The van der Waals surface area contributed by atoms with Gasteiger partial charge in [-0.15, -0.1) is 0 Å². The smallest absolute Gasteiger partial charge is 0.407 e. The molecule has 1 saturated carbocycles. The highest BCUT2D eigenvalue weighted by molar-refractivity contribution is 5.85. The maximum Gasteiger partial charge on any atom is 0.407 e. The Bertz CT molecular complexity index is 1030. The average Bonchev–Trinajstić information content (AvgIpc) is 3.60. The van der Waals surface area contributed by atoms with Crippen LogP contribution in [0.5, 0.6) is 0 Å². The van der Waals surface area contributed by atoms with Crippen molar-refractivity contribution in [2.75, 3.05) is 13.2 Å². The number of carbonyl (C=O) groups excluding carboxylic acids is 2. The first-order chi connectivity index (χ1) is 16.8. The van der Waals surface area contributed by atoms with Crippen LogP contribution in [-0.4, -0.2) is 42.3 Å². The molecule has 186 valence electrons. The van der Waals surface area contributed by atoms with Gasteiger partial charge in [-0.05, 0) is 46.9 Å². The molecule has 0 radical (unpaired) electrons. The number of nitrogens with one attached hydrogen (secondary N) is 2. The lowest BCUT2D eigenvalue weighted by Crippen LogP contribution is -2.47. The minimum Gasteiger partial charge on any atom is -0.480 e. The van der Waals surface area contributed by atoms with Crippen molar-refractivity contribution in [3.05, 3.63) is 59.7 Å². The lowest BCUT2D eigenvalue weighted by Gasteiger charge is -2.22. The standard InChI is InChI=1S/C28H34N2O5/c1-17(2)13-25(27(32)33)30-26(31)19(14-18-11-12-18)15-29-28(34)35-16-24-22-9-5-3-7-20(22)21-8-4-6-10-23(21)24/h3-10,17-19,24-25H,11-16H2,1-2H3,(H,29,34)(H,30,31)(H,32,33). The minimum atomic E-state index is -1.04. The molecule has 7 nitrogen and oxygen atoms in total. The van der Waals surface area contributed by atoms with Crippen molar-refractivity contribution in [1.82, 2.24) is 10.6 Å². The second-order valence-electron chi connectivity index (χ2n) is 10.1. The molecule has 7 heteroatoms. The Labute approximate surface area is 206 Å². The predicted molar refractivity (Wildman–Crippen MR) is 133 cm³/mol. The van der Waals surface area contributed by atoms with Crippen molar-refractivity contribution < 1.29 is 24.2 Å². The molecule has 2 amide bonds. The van der Waals surface area contributed by atoms with E-state index in [4.69, 9.17) is 4.74 Å². The Morgan fingerprint density at radius 3 is 2.14 bits per heavy atom. The molecular weight excluding hydrogens is 444 g/mol. The number of carbonyl (C=O) groups is 3. The number of benzene rings is 2. The number of hydrogen-bond acceptors (Lipinski definition) is 4. The molecule has 0 aromatic heterocycles. The third kappa shape index (κ3) is 6.21. The fourth-order valence-electron chi connectivity index (χ4n) is 4.88. The molecule has 0 saturated heterocycles. The van der Waals surface area contributed by atoms with Gasteiger partial charge in [0.25, 0.3) is 0 Å². The summed E-state index contributed by atoms with van der Waals surface area (Å²) in [6.45, 7) is 4.16. The van der Waals surface area contributed by atoms with Crippen molar-refractivity contribution in [3.8, 4) is 11.1 Å². The Morgan fingerprint density at radius 2 is 1.60 bits per heavy atom. The molecular formula is C28H34N2O5. The van der Waals surface area contributed by atoms with E-state index in [0.29, 0.717) is 18.8 Å². The summed E-state index contributed by atoms with van der Waals surface area (Å²) in [5.74, 6) is -1.31. The summed E-state index contributed by atoms with van der Waals surface area (Å²) < 4.78 is 5.59. The van der Waals surface area contributed by atoms with Crippen LogP contribution >= 0.6 is 0 Å². The normalized spacial score (nSPS) is 16.2. The zero-order valence-corrected chi connectivity index (χ0v) is 20.3. The zero-order valence-electron chi connectivity index (χ0n) is 20.3. The van der Waals surface area contributed by atoms with Gasteiger partial charge < -0.3 is 20.5 Å². The average molecular weight is 479 g/mol. The van der Waals surface area contributed by atoms with Crippen molar-refractivity contribution in [2.45, 2.75) is 51.5 Å². The van der Waals surface area contributed by atoms with Gasteiger partial charge in [0.2, 0.25) is 5.91 Å². The number of aliphatic carboxylic acids is 1. The Hall–Kier alpha value is -3.35. The van der Waals surface area contributed by atoms with E-state index in [-0.39, 0.29) is 30.9 Å². The van der Waals surface area contributed by atoms with Crippen LogP contribution in [-0.2, 0) is 14.3 Å². The van der Waals surface area contributed by atoms with Gasteiger partial charge in [-0.25, -0.2) is 9.59 Å². The van der Waals surface area contributed by atoms with Gasteiger partial charge in [-0.1, -0.05) is 75.2 Å². The maximum absolute atomic E-state index is 12.9. The molecule has 0 heterocycles. The molecule has 1 fully saturated rings. The van der Waals surface area contributed by atoms with Gasteiger partial charge in [0.05, 0.1) is 5.92 Å². The van der Waals surface area contributed by atoms with Crippen molar-refractivity contribution >= 4 is 18.0 Å². The third-order valence-corrected chi connectivity index (χ3v) is 6.84. The molecule has 0 aliphatic heterocycles. The summed E-state index contributed by atoms with van der Waals surface area (Å²) in [6.07, 6.45) is 2.53. The molecule has 2 unspecified atom stereocenters. The van der Waals surface area contributed by atoms with E-state index < -0.39 is 24.0 Å². The van der Waals surface area contributed by atoms with E-state index in [1.807, 2.05) is 38.1 Å². The van der Waals surface area contributed by atoms with Crippen LogP contribution in [0.4, 0.5) is 4.79 Å². The van der Waals surface area contributed by atoms with Gasteiger partial charge in [-0.3, -0.25) is 4.79 Å². The number of carboxylic acid groups (broad SMARTS) is 1. The van der Waals surface area contributed by atoms with Crippen LogP contribution < -0.4 is 10.6 Å². The molecule has 2 aromatic rings. The number of fused-ring (bicyclic) bond motifs is 3. The maximum atomic E-state index is 12.9. The van der Waals surface area contributed by atoms with E-state index >= 15 is 0 Å². The molecule has 2 aliphatic rings. The molecule has 2 atom stereocenters. The lowest BCUT2D eigenvalue weighted by molar-refractivity contribution is -0.143. The van der Waals surface area contributed by atoms with Gasteiger partial charge in [-0.2, -0.15) is 0 Å². The summed E-state index contributed by atoms with van der Waals surface area (Å²) in [5.41, 5.74) is 4.59. The van der Waals surface area contributed by atoms with E-state index in [1.54, 1.807) is 0 Å². The van der Waals surface area contributed by atoms with Crippen molar-refractivity contribution in [1.29, 1.82) is 0 Å². The summed E-state index contributed by atoms with van der Waals surface area (Å²) in [6, 6.07) is 15.3. The van der Waals surface area contributed by atoms with E-state index in [9.17, 15) is 19.5 Å². The van der Waals surface area contributed by atoms with Crippen molar-refractivity contribution in [2.24, 2.45) is 17.8 Å². The topological polar surface area (TPSA) is 105 Å². The Morgan fingerprint density at radius 1 is 1.00 bits per heavy atom. The van der Waals surface area contributed by atoms with E-state index in [0.717, 1.165) is 35.1 Å². The van der Waals surface area contributed by atoms with Gasteiger partial charge >= 0.3 is 12.1 Å². The predicted octanol–water partition coefficient (Wildman–Crippen LogP) is 4.56. The quantitative estimate of drug-likeness (QED) is 0.439. The van der Waals surface area contributed by atoms with Crippen molar-refractivity contribution in [3.63, 3.8) is 0 Å². The fourth-order valence-corrected chi connectivity index (χ4v) is 4.88. The first-order valence-corrected chi connectivity index (χ1v) is 12.5. The molecule has 2 aromatic carbocycles. The Kier molecular flexibility index (Phi) is 7.73. The number of hydrogen-bond donors (Lipinski definition) is 3. The first-order valence-electron chi connectivity index (χ1n) is 12.5. The number of alkyl carbamates (subject to hydrolysis) is 1. The third-order valence-electron chi connectivity index (χ3n) is 6.84. The van der Waals surface area contributed by atoms with Gasteiger partial charge in [0, 0.05) is 12.5 Å². The van der Waals surface area contributed by atoms with Gasteiger partial charge in [0.1, 0.15) is 12.6 Å². The summed E-state index contributed by atoms with van der Waals surface area (Å²) in [5, 5.41) is 14.9. The highest BCUT2D eigenvalue weighted by atomic mass is 16.5. The van der Waals surface area contributed by atoms with Crippen LogP contribution in [0.25, 0.3) is 11.1 Å². The minimum absolute atomic E-state index is 0.0360. The molecule has 2 aliphatic carbocycles. The molecule has 4 rings (SSSR count). The molecule has 35 heavy (non-hydrogen) atoms. The number of ether oxygens (including phenoxy) is 1. The molecule has 0 bridgehead atoms. The Balaban J connectivity index is 1.34. The highest BCUT2D eigenvalue weighted by Gasteiger charge is 2.33. The lowest BCUT2D eigenvalue weighted by atomic mass is 9.98. The van der Waals surface area contributed by atoms with E-state index in [1.165, 1.54) is 0 Å². The number of carboxylic acids is 1. The zero-order chi connectivity index (χ0) is 24.9. The fraction of sp³-hybridized carbons (Fsp3) is 0.464. The highest BCUT2D eigenvalue weighted by Crippen LogP contribution is 2.44. The second kappa shape index (κ2) is 10.9. The summed E-state index contributed by atoms with van der Waals surface area (Å²) in [7, 11) is 0. The monoisotopic (exact) mass is 478 g/mol. The van der Waals surface area contributed by atoms with Crippen LogP contribution in [0.1, 0.15) is 56.6 Å². The van der Waals surface area contributed by atoms with Crippen LogP contribution in [0, 0.1) is 17.8 Å². The molecule has 0 spiro atoms. The first kappa shape index (κ1) is 24.8. The van der Waals surface area contributed by atoms with Crippen LogP contribution in [0.3, 0.4) is 0 Å². The number of rotatable bonds is 11. The van der Waals surface area contributed by atoms with E-state index in [2.05, 4.69) is 34.9 Å². The van der Waals surface area contributed by atoms with Gasteiger partial charge in [0.15, 0.2) is 0 Å². The largest absolute Gasteiger partial charge is 0.480 e. The number of amides is 2. The summed E-state index contributed by atoms with van der Waals surface area (Å²) >= 11 is 0. The van der Waals surface area contributed by atoms with Crippen LogP contribution in [0.15, 0.2) is 48.5 Å². The summed E-state index contributed by atoms with van der Waals surface area (Å²) in [4.78, 5) is 37.0. The second-order valence-corrected chi connectivity index (χ2v) is 10.1. The molecule has 3 N–H and O–H groups in total.